The van der Waals surface area contributed by atoms with Gasteiger partial charge in [0.15, 0.2) is 5.69 Å². The summed E-state index contributed by atoms with van der Waals surface area (Å²) in [6.45, 7) is 1.99. The van der Waals surface area contributed by atoms with E-state index in [4.69, 9.17) is 0 Å². The summed E-state index contributed by atoms with van der Waals surface area (Å²) in [6.07, 6.45) is 3.28. The first kappa shape index (κ1) is 11.4. The lowest BCUT2D eigenvalue weighted by Crippen LogP contribution is -1.71. The molecule has 0 atom stereocenters. The van der Waals surface area contributed by atoms with E-state index in [1.807, 2.05) is 25.1 Å². The molecule has 5 heteroatoms. The molecule has 1 aromatic carbocycles. The van der Waals surface area contributed by atoms with Crippen molar-refractivity contribution >= 4 is 22.3 Å². The van der Waals surface area contributed by atoms with Gasteiger partial charge in [-0.15, -0.1) is 10.2 Å². The second-order valence-electron chi connectivity index (χ2n) is 4.28. The Labute approximate surface area is 109 Å². The summed E-state index contributed by atoms with van der Waals surface area (Å²) in [7, 11) is 0. The third-order valence-electron chi connectivity index (χ3n) is 2.82. The van der Waals surface area contributed by atoms with Gasteiger partial charge in [-0.2, -0.15) is 0 Å². The number of azo groups is 1. The summed E-state index contributed by atoms with van der Waals surface area (Å²) in [5.41, 5.74) is 3.03. The van der Waals surface area contributed by atoms with Crippen molar-refractivity contribution in [2.24, 2.45) is 10.2 Å². The number of nitrogens with zero attached hydrogens (tertiary/aromatic N) is 3. The van der Waals surface area contributed by atoms with Crippen molar-refractivity contribution in [3.8, 4) is 5.88 Å². The van der Waals surface area contributed by atoms with E-state index in [0.29, 0.717) is 11.4 Å². The maximum absolute atomic E-state index is 9.88. The Kier molecular flexibility index (Phi) is 2.72. The standard InChI is InChI=1S/C14H12N4O/c1-9-4-5-12-11(7-9)13(14(19)16-12)18-17-10-3-2-6-15-8-10/h2-8,16,19H,1H3. The Hall–Kier alpha value is -2.69. The fourth-order valence-corrected chi connectivity index (χ4v) is 1.90. The van der Waals surface area contributed by atoms with Crippen LogP contribution in [-0.2, 0) is 0 Å². The second-order valence-corrected chi connectivity index (χ2v) is 4.28. The highest BCUT2D eigenvalue weighted by atomic mass is 16.3. The van der Waals surface area contributed by atoms with Crippen molar-refractivity contribution in [2.75, 3.05) is 0 Å². The summed E-state index contributed by atoms with van der Waals surface area (Å²) in [5, 5.41) is 18.9. The van der Waals surface area contributed by atoms with Crippen LogP contribution in [0.2, 0.25) is 0 Å². The largest absolute Gasteiger partial charge is 0.493 e. The Bertz CT molecular complexity index is 747. The van der Waals surface area contributed by atoms with E-state index in [9.17, 15) is 5.11 Å². The zero-order chi connectivity index (χ0) is 13.2. The van der Waals surface area contributed by atoms with Crippen molar-refractivity contribution in [3.05, 3.63) is 48.3 Å². The molecule has 0 saturated carbocycles. The van der Waals surface area contributed by atoms with E-state index in [2.05, 4.69) is 20.2 Å². The predicted octanol–water partition coefficient (Wildman–Crippen LogP) is 3.99. The van der Waals surface area contributed by atoms with E-state index in [1.54, 1.807) is 24.5 Å². The number of fused-ring (bicyclic) bond motifs is 1. The summed E-state index contributed by atoms with van der Waals surface area (Å²) < 4.78 is 0. The second kappa shape index (κ2) is 4.53. The van der Waals surface area contributed by atoms with Crippen molar-refractivity contribution in [2.45, 2.75) is 6.92 Å². The number of aryl methyl sites for hydroxylation is 1. The highest BCUT2D eigenvalue weighted by Gasteiger charge is 2.10. The molecule has 3 rings (SSSR count). The SMILES string of the molecule is Cc1ccc2[nH]c(O)c(N=Nc3cccnc3)c2c1. The van der Waals surface area contributed by atoms with Gasteiger partial charge < -0.3 is 10.1 Å². The molecule has 0 aliphatic carbocycles. The normalized spacial score (nSPS) is 11.4. The molecule has 0 bridgehead atoms. The van der Waals surface area contributed by atoms with Gasteiger partial charge in [-0.1, -0.05) is 11.6 Å². The van der Waals surface area contributed by atoms with Crippen LogP contribution in [0, 0.1) is 6.92 Å². The quantitative estimate of drug-likeness (QED) is 0.676. The highest BCUT2D eigenvalue weighted by Crippen LogP contribution is 2.36. The first-order valence-corrected chi connectivity index (χ1v) is 5.87. The van der Waals surface area contributed by atoms with E-state index in [-0.39, 0.29) is 5.88 Å². The minimum atomic E-state index is 0.0215. The molecular weight excluding hydrogens is 240 g/mol. The Balaban J connectivity index is 2.07. The topological polar surface area (TPSA) is 73.6 Å². The fraction of sp³-hybridized carbons (Fsp3) is 0.0714. The van der Waals surface area contributed by atoms with Crippen molar-refractivity contribution in [3.63, 3.8) is 0 Å². The van der Waals surface area contributed by atoms with E-state index < -0.39 is 0 Å². The van der Waals surface area contributed by atoms with Gasteiger partial charge in [0.25, 0.3) is 0 Å². The first-order valence-electron chi connectivity index (χ1n) is 5.87. The molecule has 0 fully saturated rings. The van der Waals surface area contributed by atoms with Crippen molar-refractivity contribution in [1.29, 1.82) is 0 Å². The zero-order valence-electron chi connectivity index (χ0n) is 10.3. The molecule has 0 saturated heterocycles. The summed E-state index contributed by atoms with van der Waals surface area (Å²) in [5.74, 6) is 0.0215. The number of aromatic hydroxyl groups is 1. The van der Waals surface area contributed by atoms with Gasteiger partial charge in [0.2, 0.25) is 5.88 Å². The molecule has 0 amide bonds. The average Bonchev–Trinajstić information content (AvgIpc) is 2.73. The molecule has 0 aliphatic heterocycles. The van der Waals surface area contributed by atoms with Crippen LogP contribution < -0.4 is 0 Å². The van der Waals surface area contributed by atoms with Crippen LogP contribution in [0.1, 0.15) is 5.56 Å². The summed E-state index contributed by atoms with van der Waals surface area (Å²) in [4.78, 5) is 6.84. The number of hydrogen-bond donors (Lipinski definition) is 2. The lowest BCUT2D eigenvalue weighted by molar-refractivity contribution is 0.459. The van der Waals surface area contributed by atoms with Crippen molar-refractivity contribution < 1.29 is 5.11 Å². The number of hydrogen-bond acceptors (Lipinski definition) is 4. The number of aromatic nitrogens is 2. The highest BCUT2D eigenvalue weighted by molar-refractivity contribution is 5.94. The van der Waals surface area contributed by atoms with Crippen LogP contribution in [0.3, 0.4) is 0 Å². The lowest BCUT2D eigenvalue weighted by Gasteiger charge is -1.94. The van der Waals surface area contributed by atoms with E-state index in [0.717, 1.165) is 16.5 Å². The predicted molar refractivity (Wildman–Crippen MR) is 73.1 cm³/mol. The molecule has 0 spiro atoms. The average molecular weight is 252 g/mol. The molecule has 2 aromatic heterocycles. The van der Waals surface area contributed by atoms with Gasteiger partial charge in [0.05, 0.1) is 11.7 Å². The molecule has 94 valence electrons. The molecular formula is C14H12N4O. The number of pyridine rings is 1. The minimum absolute atomic E-state index is 0.0215. The molecule has 0 aliphatic rings. The summed E-state index contributed by atoms with van der Waals surface area (Å²) in [6, 6.07) is 9.43. The molecule has 0 unspecified atom stereocenters. The van der Waals surface area contributed by atoms with Gasteiger partial charge in [-0.3, -0.25) is 4.98 Å². The Morgan fingerprint density at radius 2 is 2.11 bits per heavy atom. The first-order chi connectivity index (χ1) is 9.24. The maximum atomic E-state index is 9.88. The fourth-order valence-electron chi connectivity index (χ4n) is 1.90. The Morgan fingerprint density at radius 3 is 2.89 bits per heavy atom. The molecule has 19 heavy (non-hydrogen) atoms. The van der Waals surface area contributed by atoms with Gasteiger partial charge in [0.1, 0.15) is 5.69 Å². The maximum Gasteiger partial charge on any atom is 0.218 e. The third-order valence-corrected chi connectivity index (χ3v) is 2.82. The lowest BCUT2D eigenvalue weighted by atomic mass is 10.2. The van der Waals surface area contributed by atoms with Crippen LogP contribution in [0.15, 0.2) is 53.0 Å². The summed E-state index contributed by atoms with van der Waals surface area (Å²) >= 11 is 0. The molecule has 2 N–H and O–H groups in total. The number of benzene rings is 1. The molecule has 5 nitrogen and oxygen atoms in total. The van der Waals surface area contributed by atoms with E-state index in [1.165, 1.54) is 0 Å². The van der Waals surface area contributed by atoms with Crippen LogP contribution in [0.25, 0.3) is 10.9 Å². The van der Waals surface area contributed by atoms with Crippen LogP contribution >= 0.6 is 0 Å². The monoisotopic (exact) mass is 252 g/mol. The third kappa shape index (κ3) is 2.18. The van der Waals surface area contributed by atoms with Crippen LogP contribution in [0.4, 0.5) is 11.4 Å². The number of aromatic amines is 1. The Morgan fingerprint density at radius 1 is 1.21 bits per heavy atom. The van der Waals surface area contributed by atoms with Crippen molar-refractivity contribution in [1.82, 2.24) is 9.97 Å². The molecule has 0 radical (unpaired) electrons. The minimum Gasteiger partial charge on any atom is -0.493 e. The molecule has 3 aromatic rings. The smallest absolute Gasteiger partial charge is 0.218 e. The van der Waals surface area contributed by atoms with E-state index >= 15 is 0 Å². The van der Waals surface area contributed by atoms with Gasteiger partial charge in [-0.05, 0) is 31.2 Å². The van der Waals surface area contributed by atoms with Gasteiger partial charge >= 0.3 is 0 Å². The van der Waals surface area contributed by atoms with Gasteiger partial charge in [-0.25, -0.2) is 0 Å². The molecule has 2 heterocycles. The van der Waals surface area contributed by atoms with Crippen LogP contribution in [0.5, 0.6) is 5.88 Å². The van der Waals surface area contributed by atoms with Gasteiger partial charge in [0, 0.05) is 11.6 Å². The number of nitrogens with one attached hydrogen (secondary N) is 1. The number of H-pyrrole nitrogens is 1. The van der Waals surface area contributed by atoms with Crippen LogP contribution in [-0.4, -0.2) is 15.1 Å². The number of rotatable bonds is 2. The zero-order valence-corrected chi connectivity index (χ0v) is 10.3.